The first kappa shape index (κ1) is 13.3. The average Bonchev–Trinajstić information content (AvgIpc) is 2.66. The van der Waals surface area contributed by atoms with Crippen molar-refractivity contribution in [1.29, 1.82) is 0 Å². The van der Waals surface area contributed by atoms with Crippen LogP contribution < -0.4 is 0 Å². The standard InChI is InChI=1S/C12H8F4N2O/c1-18-10(13)9(12(14,15)16)17-11(18)8-4-2-7(6-19)3-5-8/h2-6H,1H3. The van der Waals surface area contributed by atoms with Crippen molar-refractivity contribution >= 4 is 6.29 Å². The van der Waals surface area contributed by atoms with E-state index in [4.69, 9.17) is 0 Å². The van der Waals surface area contributed by atoms with E-state index >= 15 is 0 Å². The van der Waals surface area contributed by atoms with Gasteiger partial charge in [0.25, 0.3) is 0 Å². The summed E-state index contributed by atoms with van der Waals surface area (Å²) in [5, 5.41) is 0. The smallest absolute Gasteiger partial charge is 0.304 e. The number of hydrogen-bond acceptors (Lipinski definition) is 2. The van der Waals surface area contributed by atoms with Crippen molar-refractivity contribution in [3.8, 4) is 11.4 Å². The number of imidazole rings is 1. The van der Waals surface area contributed by atoms with Crippen LogP contribution in [0.1, 0.15) is 16.1 Å². The van der Waals surface area contributed by atoms with E-state index in [9.17, 15) is 22.4 Å². The van der Waals surface area contributed by atoms with Gasteiger partial charge in [0, 0.05) is 18.2 Å². The van der Waals surface area contributed by atoms with Crippen molar-refractivity contribution in [2.75, 3.05) is 0 Å². The maximum atomic E-state index is 13.5. The van der Waals surface area contributed by atoms with Crippen molar-refractivity contribution in [2.24, 2.45) is 7.05 Å². The lowest BCUT2D eigenvalue weighted by atomic mass is 10.1. The number of nitrogens with zero attached hydrogens (tertiary/aromatic N) is 2. The van der Waals surface area contributed by atoms with Gasteiger partial charge in [-0.05, 0) is 0 Å². The summed E-state index contributed by atoms with van der Waals surface area (Å²) in [5.74, 6) is -1.59. The van der Waals surface area contributed by atoms with Crippen LogP contribution in [-0.4, -0.2) is 15.8 Å². The van der Waals surface area contributed by atoms with E-state index in [1.165, 1.54) is 24.3 Å². The molecule has 1 aromatic heterocycles. The fourth-order valence-corrected chi connectivity index (χ4v) is 1.63. The van der Waals surface area contributed by atoms with Gasteiger partial charge in [-0.25, -0.2) is 4.98 Å². The van der Waals surface area contributed by atoms with E-state index in [1.807, 2.05) is 0 Å². The zero-order chi connectivity index (χ0) is 14.2. The highest BCUT2D eigenvalue weighted by atomic mass is 19.4. The normalized spacial score (nSPS) is 11.6. The summed E-state index contributed by atoms with van der Waals surface area (Å²) < 4.78 is 51.7. The number of carbonyl (C=O) groups is 1. The van der Waals surface area contributed by atoms with Gasteiger partial charge >= 0.3 is 6.18 Å². The Hall–Kier alpha value is -2.18. The third-order valence-electron chi connectivity index (χ3n) is 2.60. The van der Waals surface area contributed by atoms with Crippen molar-refractivity contribution in [3.63, 3.8) is 0 Å². The zero-order valence-electron chi connectivity index (χ0n) is 9.70. The second-order valence-corrected chi connectivity index (χ2v) is 3.87. The molecule has 0 bridgehead atoms. The molecule has 1 heterocycles. The molecule has 0 saturated carbocycles. The van der Waals surface area contributed by atoms with Crippen molar-refractivity contribution in [2.45, 2.75) is 6.18 Å². The van der Waals surface area contributed by atoms with Gasteiger partial charge < -0.3 is 4.57 Å². The summed E-state index contributed by atoms with van der Waals surface area (Å²) in [6, 6.07) is 5.65. The Kier molecular flexibility index (Phi) is 3.13. The molecule has 0 radical (unpaired) electrons. The monoisotopic (exact) mass is 272 g/mol. The SMILES string of the molecule is Cn1c(-c2ccc(C=O)cc2)nc(C(F)(F)F)c1F. The molecule has 100 valence electrons. The van der Waals surface area contributed by atoms with Crippen LogP contribution in [0.2, 0.25) is 0 Å². The summed E-state index contributed by atoms with van der Waals surface area (Å²) in [4.78, 5) is 13.8. The second kappa shape index (κ2) is 4.49. The Morgan fingerprint density at radius 3 is 2.21 bits per heavy atom. The van der Waals surface area contributed by atoms with Crippen LogP contribution in [0.5, 0.6) is 0 Å². The number of aldehydes is 1. The highest BCUT2D eigenvalue weighted by molar-refractivity contribution is 5.76. The molecule has 2 aromatic rings. The lowest BCUT2D eigenvalue weighted by molar-refractivity contribution is -0.143. The van der Waals surface area contributed by atoms with E-state index in [2.05, 4.69) is 4.98 Å². The third kappa shape index (κ3) is 2.35. The zero-order valence-corrected chi connectivity index (χ0v) is 9.70. The number of aromatic nitrogens is 2. The molecular formula is C12H8F4N2O. The van der Waals surface area contributed by atoms with Crippen LogP contribution in [0.25, 0.3) is 11.4 Å². The van der Waals surface area contributed by atoms with Crippen LogP contribution in [0.3, 0.4) is 0 Å². The molecule has 0 aliphatic rings. The van der Waals surface area contributed by atoms with Crippen LogP contribution in [-0.2, 0) is 13.2 Å². The summed E-state index contributed by atoms with van der Waals surface area (Å²) in [6.45, 7) is 0. The van der Waals surface area contributed by atoms with E-state index in [-0.39, 0.29) is 5.82 Å². The van der Waals surface area contributed by atoms with Gasteiger partial charge in [0.2, 0.25) is 5.95 Å². The van der Waals surface area contributed by atoms with Gasteiger partial charge in [-0.15, -0.1) is 0 Å². The Balaban J connectivity index is 2.53. The minimum atomic E-state index is -4.84. The molecule has 0 saturated heterocycles. The predicted molar refractivity (Wildman–Crippen MR) is 59.0 cm³/mol. The summed E-state index contributed by atoms with van der Waals surface area (Å²) in [6.07, 6.45) is -4.24. The highest BCUT2D eigenvalue weighted by Gasteiger charge is 2.39. The number of rotatable bonds is 2. The average molecular weight is 272 g/mol. The van der Waals surface area contributed by atoms with Gasteiger partial charge in [-0.3, -0.25) is 4.79 Å². The topological polar surface area (TPSA) is 34.9 Å². The molecule has 0 fully saturated rings. The minimum absolute atomic E-state index is 0.151. The Morgan fingerprint density at radius 1 is 1.21 bits per heavy atom. The fourth-order valence-electron chi connectivity index (χ4n) is 1.63. The van der Waals surface area contributed by atoms with Gasteiger partial charge in [0.15, 0.2) is 5.69 Å². The quantitative estimate of drug-likeness (QED) is 0.622. The Bertz CT molecular complexity index is 614. The van der Waals surface area contributed by atoms with E-state index in [0.717, 1.165) is 11.6 Å². The number of carbonyl (C=O) groups excluding carboxylic acids is 1. The second-order valence-electron chi connectivity index (χ2n) is 3.87. The van der Waals surface area contributed by atoms with Gasteiger partial charge in [0.1, 0.15) is 12.1 Å². The van der Waals surface area contributed by atoms with Crippen LogP contribution in [0, 0.1) is 5.95 Å². The molecule has 0 N–H and O–H groups in total. The number of alkyl halides is 3. The number of halogens is 4. The molecule has 19 heavy (non-hydrogen) atoms. The first-order chi connectivity index (χ1) is 8.84. The first-order valence-corrected chi connectivity index (χ1v) is 5.19. The predicted octanol–water partition coefficient (Wildman–Crippen LogP) is 3.06. The van der Waals surface area contributed by atoms with Gasteiger partial charge in [-0.2, -0.15) is 17.6 Å². The van der Waals surface area contributed by atoms with Crippen molar-refractivity contribution in [1.82, 2.24) is 9.55 Å². The molecule has 0 atom stereocenters. The molecule has 7 heteroatoms. The number of benzene rings is 1. The van der Waals surface area contributed by atoms with Gasteiger partial charge in [-0.1, -0.05) is 24.3 Å². The maximum Gasteiger partial charge on any atom is 0.437 e. The summed E-state index contributed by atoms with van der Waals surface area (Å²) in [7, 11) is 1.15. The molecule has 1 aromatic carbocycles. The van der Waals surface area contributed by atoms with Crippen molar-refractivity contribution in [3.05, 3.63) is 41.5 Å². The molecule has 0 aliphatic carbocycles. The Labute approximate surface area is 105 Å². The van der Waals surface area contributed by atoms with Crippen LogP contribution in [0.15, 0.2) is 24.3 Å². The summed E-state index contributed by atoms with van der Waals surface area (Å²) in [5.41, 5.74) is -0.888. The molecule has 0 spiro atoms. The van der Waals surface area contributed by atoms with Crippen LogP contribution >= 0.6 is 0 Å². The molecule has 0 unspecified atom stereocenters. The first-order valence-electron chi connectivity index (χ1n) is 5.19. The van der Waals surface area contributed by atoms with Gasteiger partial charge in [0.05, 0.1) is 0 Å². The highest BCUT2D eigenvalue weighted by Crippen LogP contribution is 2.33. The maximum absolute atomic E-state index is 13.5. The largest absolute Gasteiger partial charge is 0.437 e. The molecule has 0 amide bonds. The van der Waals surface area contributed by atoms with Crippen molar-refractivity contribution < 1.29 is 22.4 Å². The fraction of sp³-hybridized carbons (Fsp3) is 0.167. The molecule has 3 nitrogen and oxygen atoms in total. The van der Waals surface area contributed by atoms with Crippen LogP contribution in [0.4, 0.5) is 17.6 Å². The third-order valence-corrected chi connectivity index (χ3v) is 2.60. The summed E-state index contributed by atoms with van der Waals surface area (Å²) >= 11 is 0. The molecule has 0 aliphatic heterocycles. The minimum Gasteiger partial charge on any atom is -0.304 e. The lowest BCUT2D eigenvalue weighted by Crippen LogP contribution is -2.08. The lowest BCUT2D eigenvalue weighted by Gasteiger charge is -2.01. The number of hydrogen-bond donors (Lipinski definition) is 0. The molecule has 2 rings (SSSR count). The Morgan fingerprint density at radius 2 is 1.79 bits per heavy atom. The van der Waals surface area contributed by atoms with E-state index < -0.39 is 17.8 Å². The molecular weight excluding hydrogens is 264 g/mol. The van der Waals surface area contributed by atoms with E-state index in [1.54, 1.807) is 0 Å². The van der Waals surface area contributed by atoms with E-state index in [0.29, 0.717) is 17.4 Å².